The molecular weight excluding hydrogens is 222 g/mol. The van der Waals surface area contributed by atoms with Crippen molar-refractivity contribution in [2.75, 3.05) is 32.7 Å². The lowest BCUT2D eigenvalue weighted by atomic mass is 10.1. The van der Waals surface area contributed by atoms with Gasteiger partial charge in [0, 0.05) is 37.8 Å². The molecule has 3 aliphatic rings. The Morgan fingerprint density at radius 3 is 2.56 bits per heavy atom. The van der Waals surface area contributed by atoms with Gasteiger partial charge in [-0.15, -0.1) is 0 Å². The van der Waals surface area contributed by atoms with Crippen molar-refractivity contribution in [1.82, 2.24) is 15.1 Å². The van der Waals surface area contributed by atoms with E-state index in [1.807, 2.05) is 0 Å². The summed E-state index contributed by atoms with van der Waals surface area (Å²) in [4.78, 5) is 5.46. The lowest BCUT2D eigenvalue weighted by Crippen LogP contribution is -2.44. The molecule has 0 radical (unpaired) electrons. The molecule has 0 amide bonds. The van der Waals surface area contributed by atoms with E-state index in [2.05, 4.69) is 22.0 Å². The first kappa shape index (κ1) is 12.9. The zero-order valence-electron chi connectivity index (χ0n) is 11.9. The molecule has 2 atom stereocenters. The quantitative estimate of drug-likeness (QED) is 0.802. The van der Waals surface area contributed by atoms with Crippen molar-refractivity contribution in [3.05, 3.63) is 0 Å². The molecule has 2 saturated heterocycles. The first-order valence-corrected chi connectivity index (χ1v) is 8.04. The summed E-state index contributed by atoms with van der Waals surface area (Å²) in [7, 11) is 0. The van der Waals surface area contributed by atoms with Crippen molar-refractivity contribution in [2.45, 2.75) is 63.6 Å². The Labute approximate surface area is 112 Å². The molecule has 3 fully saturated rings. The number of nitrogens with zero attached hydrogens (tertiary/aromatic N) is 2. The number of likely N-dealkylation sites (tertiary alicyclic amines) is 2. The molecule has 104 valence electrons. The van der Waals surface area contributed by atoms with Crippen LogP contribution in [0, 0.1) is 0 Å². The third kappa shape index (κ3) is 3.25. The first-order valence-electron chi connectivity index (χ1n) is 8.04. The summed E-state index contributed by atoms with van der Waals surface area (Å²) in [6.07, 6.45) is 8.51. The number of piperidine rings is 1. The van der Waals surface area contributed by atoms with Crippen molar-refractivity contribution in [3.63, 3.8) is 0 Å². The molecule has 1 saturated carbocycles. The predicted octanol–water partition coefficient (Wildman–Crippen LogP) is 1.69. The molecule has 2 heterocycles. The number of hydrogen-bond acceptors (Lipinski definition) is 3. The van der Waals surface area contributed by atoms with E-state index in [4.69, 9.17) is 0 Å². The van der Waals surface area contributed by atoms with Crippen LogP contribution in [0.2, 0.25) is 0 Å². The first-order chi connectivity index (χ1) is 8.83. The third-order valence-corrected chi connectivity index (χ3v) is 5.00. The number of hydrogen-bond donors (Lipinski definition) is 1. The maximum absolute atomic E-state index is 3.67. The second-order valence-electron chi connectivity index (χ2n) is 6.57. The highest BCUT2D eigenvalue weighted by Gasteiger charge is 2.31. The monoisotopic (exact) mass is 251 g/mol. The molecule has 0 spiro atoms. The highest BCUT2D eigenvalue weighted by Crippen LogP contribution is 2.22. The zero-order chi connectivity index (χ0) is 12.4. The van der Waals surface area contributed by atoms with Crippen molar-refractivity contribution >= 4 is 0 Å². The van der Waals surface area contributed by atoms with Crippen LogP contribution in [0.4, 0.5) is 0 Å². The molecule has 3 nitrogen and oxygen atoms in total. The van der Waals surface area contributed by atoms with Crippen LogP contribution < -0.4 is 5.32 Å². The van der Waals surface area contributed by atoms with E-state index in [1.165, 1.54) is 71.2 Å². The Hall–Kier alpha value is -0.120. The zero-order valence-corrected chi connectivity index (χ0v) is 11.9. The molecule has 2 unspecified atom stereocenters. The van der Waals surface area contributed by atoms with Gasteiger partial charge in [0.2, 0.25) is 0 Å². The Morgan fingerprint density at radius 2 is 1.83 bits per heavy atom. The second kappa shape index (κ2) is 5.89. The average Bonchev–Trinajstić information content (AvgIpc) is 3.11. The van der Waals surface area contributed by atoms with Crippen LogP contribution in [-0.2, 0) is 0 Å². The maximum Gasteiger partial charge on any atom is 0.0235 e. The fourth-order valence-electron chi connectivity index (χ4n) is 3.50. The molecule has 18 heavy (non-hydrogen) atoms. The Balaban J connectivity index is 1.41. The molecule has 2 aliphatic heterocycles. The van der Waals surface area contributed by atoms with Crippen LogP contribution in [0.1, 0.15) is 45.4 Å². The number of nitrogens with one attached hydrogen (secondary N) is 1. The SMILES string of the molecule is CC(CNC1CC1)N1CCC(N2CCCCC2)C1. The maximum atomic E-state index is 3.67. The van der Waals surface area contributed by atoms with E-state index in [1.54, 1.807) is 0 Å². The van der Waals surface area contributed by atoms with Crippen LogP contribution in [0.25, 0.3) is 0 Å². The molecule has 0 aromatic carbocycles. The minimum atomic E-state index is 0.723. The van der Waals surface area contributed by atoms with Gasteiger partial charge in [-0.25, -0.2) is 0 Å². The molecule has 0 aromatic rings. The highest BCUT2D eigenvalue weighted by molar-refractivity contribution is 4.89. The summed E-state index contributed by atoms with van der Waals surface area (Å²) in [6.45, 7) is 8.92. The summed E-state index contributed by atoms with van der Waals surface area (Å²) in [5.74, 6) is 0. The molecule has 0 bridgehead atoms. The Bertz CT molecular complexity index is 258. The van der Waals surface area contributed by atoms with Gasteiger partial charge >= 0.3 is 0 Å². The summed E-state index contributed by atoms with van der Waals surface area (Å²) >= 11 is 0. The van der Waals surface area contributed by atoms with Crippen LogP contribution >= 0.6 is 0 Å². The van der Waals surface area contributed by atoms with Crippen LogP contribution in [-0.4, -0.2) is 60.6 Å². The minimum Gasteiger partial charge on any atom is -0.312 e. The van der Waals surface area contributed by atoms with Gasteiger partial charge in [-0.3, -0.25) is 9.80 Å². The molecule has 3 rings (SSSR count). The lowest BCUT2D eigenvalue weighted by molar-refractivity contribution is 0.153. The van der Waals surface area contributed by atoms with E-state index >= 15 is 0 Å². The largest absolute Gasteiger partial charge is 0.312 e. The van der Waals surface area contributed by atoms with E-state index in [-0.39, 0.29) is 0 Å². The number of rotatable bonds is 5. The predicted molar refractivity (Wildman–Crippen MR) is 75.9 cm³/mol. The lowest BCUT2D eigenvalue weighted by Gasteiger charge is -2.33. The summed E-state index contributed by atoms with van der Waals surface area (Å²) in [5, 5.41) is 3.67. The summed E-state index contributed by atoms with van der Waals surface area (Å²) in [6, 6.07) is 2.43. The van der Waals surface area contributed by atoms with Crippen LogP contribution in [0.15, 0.2) is 0 Å². The minimum absolute atomic E-state index is 0.723. The van der Waals surface area contributed by atoms with E-state index in [9.17, 15) is 0 Å². The Morgan fingerprint density at radius 1 is 1.06 bits per heavy atom. The highest BCUT2D eigenvalue weighted by atomic mass is 15.3. The van der Waals surface area contributed by atoms with E-state index < -0.39 is 0 Å². The van der Waals surface area contributed by atoms with Crippen molar-refractivity contribution < 1.29 is 0 Å². The average molecular weight is 251 g/mol. The Kier molecular flexibility index (Phi) is 4.22. The molecule has 0 aromatic heterocycles. The summed E-state index contributed by atoms with van der Waals surface area (Å²) < 4.78 is 0. The van der Waals surface area contributed by atoms with Crippen molar-refractivity contribution in [3.8, 4) is 0 Å². The van der Waals surface area contributed by atoms with Gasteiger partial charge in [0.15, 0.2) is 0 Å². The topological polar surface area (TPSA) is 18.5 Å². The summed E-state index contributed by atoms with van der Waals surface area (Å²) in [5.41, 5.74) is 0. The van der Waals surface area contributed by atoms with Gasteiger partial charge in [0.05, 0.1) is 0 Å². The second-order valence-corrected chi connectivity index (χ2v) is 6.57. The fourth-order valence-corrected chi connectivity index (χ4v) is 3.50. The van der Waals surface area contributed by atoms with Gasteiger partial charge in [0.1, 0.15) is 0 Å². The van der Waals surface area contributed by atoms with Crippen LogP contribution in [0.3, 0.4) is 0 Å². The van der Waals surface area contributed by atoms with Crippen LogP contribution in [0.5, 0.6) is 0 Å². The fraction of sp³-hybridized carbons (Fsp3) is 1.00. The van der Waals surface area contributed by atoms with Gasteiger partial charge in [0.25, 0.3) is 0 Å². The smallest absolute Gasteiger partial charge is 0.0235 e. The van der Waals surface area contributed by atoms with Crippen molar-refractivity contribution in [2.24, 2.45) is 0 Å². The molecule has 3 heteroatoms. The van der Waals surface area contributed by atoms with E-state index in [0.717, 1.165) is 18.1 Å². The normalized spacial score (nSPS) is 32.8. The standard InChI is InChI=1S/C15H29N3/c1-13(11-16-14-5-6-14)18-10-7-15(12-18)17-8-3-2-4-9-17/h13-16H,2-12H2,1H3. The van der Waals surface area contributed by atoms with Gasteiger partial charge in [-0.1, -0.05) is 6.42 Å². The molecule has 1 N–H and O–H groups in total. The van der Waals surface area contributed by atoms with Gasteiger partial charge < -0.3 is 5.32 Å². The third-order valence-electron chi connectivity index (χ3n) is 5.00. The molecular formula is C15H29N3. The van der Waals surface area contributed by atoms with Gasteiger partial charge in [-0.05, 0) is 52.1 Å². The van der Waals surface area contributed by atoms with Gasteiger partial charge in [-0.2, -0.15) is 0 Å². The van der Waals surface area contributed by atoms with Crippen molar-refractivity contribution in [1.29, 1.82) is 0 Å². The van der Waals surface area contributed by atoms with E-state index in [0.29, 0.717) is 0 Å². The molecule has 1 aliphatic carbocycles.